The number of benzene rings is 1. The van der Waals surface area contributed by atoms with Crippen molar-refractivity contribution in [3.05, 3.63) is 52.1 Å². The van der Waals surface area contributed by atoms with Crippen LogP contribution in [0.5, 0.6) is 0 Å². The molecule has 0 saturated carbocycles. The fraction of sp³-hybridized carbons (Fsp3) is 0.500. The van der Waals surface area contributed by atoms with Crippen molar-refractivity contribution in [1.82, 2.24) is 34.4 Å². The Bertz CT molecular complexity index is 1160. The second-order valence-electron chi connectivity index (χ2n) is 8.61. The highest BCUT2D eigenvalue weighted by atomic mass is 16.1. The summed E-state index contributed by atoms with van der Waals surface area (Å²) in [5.74, 6) is -0.0508. The van der Waals surface area contributed by atoms with E-state index in [0.29, 0.717) is 36.4 Å². The molecule has 0 atom stereocenters. The minimum atomic E-state index is -0.160. The third kappa shape index (κ3) is 5.15. The number of nitrogens with zero attached hydrogens (tertiary/aromatic N) is 6. The van der Waals surface area contributed by atoms with Crippen LogP contribution in [0, 0.1) is 6.92 Å². The number of carbonyl (C=O) groups is 1. The number of carbonyl (C=O) groups excluding carboxylic acids is 1. The number of piperazine rings is 1. The van der Waals surface area contributed by atoms with Gasteiger partial charge in [-0.2, -0.15) is 5.10 Å². The van der Waals surface area contributed by atoms with Gasteiger partial charge in [-0.1, -0.05) is 18.2 Å². The molecule has 1 aliphatic heterocycles. The van der Waals surface area contributed by atoms with Crippen molar-refractivity contribution in [2.75, 3.05) is 46.3 Å². The van der Waals surface area contributed by atoms with Gasteiger partial charge in [0.1, 0.15) is 11.2 Å². The van der Waals surface area contributed by atoms with Crippen LogP contribution >= 0.6 is 0 Å². The van der Waals surface area contributed by atoms with Crippen molar-refractivity contribution >= 4 is 17.1 Å². The van der Waals surface area contributed by atoms with Crippen molar-refractivity contribution in [3.8, 4) is 5.69 Å². The molecule has 1 fully saturated rings. The van der Waals surface area contributed by atoms with Crippen LogP contribution < -0.4 is 10.9 Å². The van der Waals surface area contributed by atoms with Gasteiger partial charge in [-0.15, -0.1) is 0 Å². The molecule has 9 heteroatoms. The number of para-hydroxylation sites is 1. The number of likely N-dealkylation sites (N-methyl/N-ethyl adjacent to an activating group) is 1. The number of fused-ring (bicyclic) bond motifs is 1. The molecule has 0 bridgehead atoms. The highest BCUT2D eigenvalue weighted by Crippen LogP contribution is 2.19. The highest BCUT2D eigenvalue weighted by Gasteiger charge is 2.19. The van der Waals surface area contributed by atoms with Crippen molar-refractivity contribution in [2.45, 2.75) is 33.2 Å². The molecule has 4 rings (SSSR count). The molecule has 9 nitrogen and oxygen atoms in total. The number of nitrogens with one attached hydrogen (secondary N) is 1. The summed E-state index contributed by atoms with van der Waals surface area (Å²) in [4.78, 5) is 34.9. The van der Waals surface area contributed by atoms with E-state index in [2.05, 4.69) is 32.2 Å². The van der Waals surface area contributed by atoms with Crippen LogP contribution in [0.1, 0.15) is 24.7 Å². The molecule has 3 aromatic rings. The van der Waals surface area contributed by atoms with Gasteiger partial charge in [0.05, 0.1) is 11.4 Å². The summed E-state index contributed by atoms with van der Waals surface area (Å²) < 4.78 is 3.48. The minimum absolute atomic E-state index is 0.0508. The third-order valence-electron chi connectivity index (χ3n) is 6.25. The molecule has 1 N–H and O–H groups in total. The van der Waals surface area contributed by atoms with Crippen molar-refractivity contribution in [1.29, 1.82) is 0 Å². The maximum atomic E-state index is 13.2. The molecule has 0 unspecified atom stereocenters. The second kappa shape index (κ2) is 10.3. The van der Waals surface area contributed by atoms with E-state index in [4.69, 9.17) is 0 Å². The Morgan fingerprint density at radius 1 is 1.12 bits per heavy atom. The van der Waals surface area contributed by atoms with Gasteiger partial charge in [0.15, 0.2) is 5.65 Å². The molecule has 0 aliphatic carbocycles. The Morgan fingerprint density at radius 3 is 2.55 bits per heavy atom. The molecule has 1 aliphatic rings. The summed E-state index contributed by atoms with van der Waals surface area (Å²) >= 11 is 0. The first-order valence-corrected chi connectivity index (χ1v) is 11.7. The summed E-state index contributed by atoms with van der Waals surface area (Å²) in [7, 11) is 2.13. The third-order valence-corrected chi connectivity index (χ3v) is 6.25. The second-order valence-corrected chi connectivity index (χ2v) is 8.61. The number of rotatable bonds is 8. The maximum absolute atomic E-state index is 13.2. The molecule has 1 saturated heterocycles. The predicted octanol–water partition coefficient (Wildman–Crippen LogP) is 1.21. The lowest BCUT2D eigenvalue weighted by molar-refractivity contribution is -0.121. The summed E-state index contributed by atoms with van der Waals surface area (Å²) in [6, 6.07) is 9.74. The Kier molecular flexibility index (Phi) is 7.20. The van der Waals surface area contributed by atoms with Crippen molar-refractivity contribution < 1.29 is 4.79 Å². The summed E-state index contributed by atoms with van der Waals surface area (Å²) in [6.07, 6.45) is 0.553. The van der Waals surface area contributed by atoms with Gasteiger partial charge >= 0.3 is 0 Å². The van der Waals surface area contributed by atoms with E-state index in [9.17, 15) is 9.59 Å². The zero-order chi connectivity index (χ0) is 23.4. The standard InChI is InChI=1S/C24H33N7O2/c1-4-30-23-22(18(2)27-31(23)19-8-6-5-7-9-19)26-20(24(30)33)10-11-21(32)25-12-13-29-16-14-28(3)15-17-29/h5-9H,4,10-17H2,1-3H3,(H,25,32). The molecular formula is C24H33N7O2. The Hall–Kier alpha value is -3.04. The van der Waals surface area contributed by atoms with Gasteiger partial charge in [-0.3, -0.25) is 19.1 Å². The van der Waals surface area contributed by atoms with Crippen molar-refractivity contribution in [3.63, 3.8) is 0 Å². The lowest BCUT2D eigenvalue weighted by atomic mass is 10.2. The van der Waals surface area contributed by atoms with Gasteiger partial charge in [0.25, 0.3) is 5.56 Å². The minimum Gasteiger partial charge on any atom is -0.355 e. The van der Waals surface area contributed by atoms with E-state index in [0.717, 1.165) is 44.1 Å². The van der Waals surface area contributed by atoms with E-state index in [-0.39, 0.29) is 17.9 Å². The first-order chi connectivity index (χ1) is 16.0. The fourth-order valence-electron chi connectivity index (χ4n) is 4.27. The van der Waals surface area contributed by atoms with Crippen LogP contribution in [-0.2, 0) is 17.8 Å². The predicted molar refractivity (Wildman–Crippen MR) is 129 cm³/mol. The number of hydrogen-bond donors (Lipinski definition) is 1. The Labute approximate surface area is 194 Å². The monoisotopic (exact) mass is 451 g/mol. The highest BCUT2D eigenvalue weighted by molar-refractivity contribution is 5.77. The summed E-state index contributed by atoms with van der Waals surface area (Å²) in [6.45, 7) is 9.99. The fourth-order valence-corrected chi connectivity index (χ4v) is 4.27. The molecule has 2 aromatic heterocycles. The quantitative estimate of drug-likeness (QED) is 0.554. The number of amides is 1. The molecule has 33 heavy (non-hydrogen) atoms. The topological polar surface area (TPSA) is 88.3 Å². The number of aryl methyl sites for hydroxylation is 3. The first kappa shape index (κ1) is 23.1. The molecule has 3 heterocycles. The number of aromatic nitrogens is 4. The Morgan fingerprint density at radius 2 is 1.85 bits per heavy atom. The largest absolute Gasteiger partial charge is 0.355 e. The Balaban J connectivity index is 1.45. The molecule has 0 radical (unpaired) electrons. The maximum Gasteiger partial charge on any atom is 0.273 e. The van der Waals surface area contributed by atoms with Crippen LogP contribution in [0.25, 0.3) is 16.9 Å². The van der Waals surface area contributed by atoms with E-state index in [1.54, 1.807) is 9.25 Å². The summed E-state index contributed by atoms with van der Waals surface area (Å²) in [5, 5.41) is 7.63. The van der Waals surface area contributed by atoms with E-state index < -0.39 is 0 Å². The van der Waals surface area contributed by atoms with E-state index in [1.807, 2.05) is 44.2 Å². The van der Waals surface area contributed by atoms with E-state index in [1.165, 1.54) is 0 Å². The first-order valence-electron chi connectivity index (χ1n) is 11.7. The molecular weight excluding hydrogens is 418 g/mol. The summed E-state index contributed by atoms with van der Waals surface area (Å²) in [5.41, 5.74) is 3.28. The average Bonchev–Trinajstić information content (AvgIpc) is 3.15. The molecule has 0 spiro atoms. The van der Waals surface area contributed by atoms with Crippen LogP contribution in [0.15, 0.2) is 35.1 Å². The van der Waals surface area contributed by atoms with Crippen LogP contribution in [0.2, 0.25) is 0 Å². The smallest absolute Gasteiger partial charge is 0.273 e. The lowest BCUT2D eigenvalue weighted by Crippen LogP contribution is -2.46. The molecule has 176 valence electrons. The van der Waals surface area contributed by atoms with Crippen LogP contribution in [0.3, 0.4) is 0 Å². The van der Waals surface area contributed by atoms with Crippen LogP contribution in [0.4, 0.5) is 0 Å². The number of hydrogen-bond acceptors (Lipinski definition) is 6. The molecule has 1 aromatic carbocycles. The molecule has 1 amide bonds. The van der Waals surface area contributed by atoms with Gasteiger partial charge in [-0.25, -0.2) is 9.67 Å². The van der Waals surface area contributed by atoms with Gasteiger partial charge in [0.2, 0.25) is 5.91 Å². The van der Waals surface area contributed by atoms with E-state index >= 15 is 0 Å². The van der Waals surface area contributed by atoms with Gasteiger partial charge < -0.3 is 10.2 Å². The van der Waals surface area contributed by atoms with Gasteiger partial charge in [0, 0.05) is 58.7 Å². The van der Waals surface area contributed by atoms with Crippen molar-refractivity contribution in [2.24, 2.45) is 0 Å². The SMILES string of the molecule is CCn1c(=O)c(CCC(=O)NCCN2CCN(C)CC2)nc2c(C)nn(-c3ccccc3)c21. The normalized spacial score (nSPS) is 15.2. The average molecular weight is 452 g/mol. The van der Waals surface area contributed by atoms with Crippen LogP contribution in [-0.4, -0.2) is 81.4 Å². The zero-order valence-corrected chi connectivity index (χ0v) is 19.8. The lowest BCUT2D eigenvalue weighted by Gasteiger charge is -2.32. The zero-order valence-electron chi connectivity index (χ0n) is 19.8. The van der Waals surface area contributed by atoms with Gasteiger partial charge in [-0.05, 0) is 33.0 Å².